The first-order valence-corrected chi connectivity index (χ1v) is 7.39. The summed E-state index contributed by atoms with van der Waals surface area (Å²) in [5.41, 5.74) is 0.136. The molecule has 18 heavy (non-hydrogen) atoms. The van der Waals surface area contributed by atoms with Crippen LogP contribution in [0.5, 0.6) is 0 Å². The van der Waals surface area contributed by atoms with Gasteiger partial charge in [-0.1, -0.05) is 31.4 Å². The van der Waals surface area contributed by atoms with Crippen LogP contribution in [-0.4, -0.2) is 16.5 Å². The zero-order chi connectivity index (χ0) is 12.8. The Morgan fingerprint density at radius 3 is 2.94 bits per heavy atom. The molecule has 98 valence electrons. The highest BCUT2D eigenvalue weighted by molar-refractivity contribution is 5.91. The van der Waals surface area contributed by atoms with Gasteiger partial charge in [-0.15, -0.1) is 0 Å². The van der Waals surface area contributed by atoms with Crippen molar-refractivity contribution in [2.45, 2.75) is 58.0 Å². The number of carbonyl (C=O) groups is 1. The van der Waals surface area contributed by atoms with E-state index in [0.29, 0.717) is 18.1 Å². The van der Waals surface area contributed by atoms with Crippen LogP contribution in [0.3, 0.4) is 0 Å². The Morgan fingerprint density at radius 2 is 2.17 bits per heavy atom. The predicted molar refractivity (Wildman–Crippen MR) is 68.9 cm³/mol. The van der Waals surface area contributed by atoms with E-state index in [1.807, 2.05) is 6.92 Å². The third kappa shape index (κ3) is 0.871. The van der Waals surface area contributed by atoms with Crippen LogP contribution < -0.4 is 0 Å². The summed E-state index contributed by atoms with van der Waals surface area (Å²) in [6, 6.07) is 0. The smallest absolute Gasteiger partial charge is 0.143 e. The van der Waals surface area contributed by atoms with Crippen molar-refractivity contribution in [3.63, 3.8) is 0 Å². The number of rotatable bonds is 0. The van der Waals surface area contributed by atoms with Crippen LogP contribution >= 0.6 is 0 Å². The second kappa shape index (κ2) is 2.92. The third-order valence-corrected chi connectivity index (χ3v) is 6.74. The molecule has 0 aliphatic heterocycles. The first-order chi connectivity index (χ1) is 8.45. The van der Waals surface area contributed by atoms with Crippen LogP contribution in [0.15, 0.2) is 11.6 Å². The Morgan fingerprint density at radius 1 is 1.39 bits per heavy atom. The minimum atomic E-state index is -0.758. The molecule has 0 bridgehead atoms. The quantitative estimate of drug-likeness (QED) is 0.667. The van der Waals surface area contributed by atoms with Gasteiger partial charge in [0.2, 0.25) is 0 Å². The van der Waals surface area contributed by atoms with Crippen LogP contribution in [0.25, 0.3) is 0 Å². The van der Waals surface area contributed by atoms with Crippen molar-refractivity contribution < 1.29 is 9.90 Å². The topological polar surface area (TPSA) is 37.3 Å². The molecule has 2 heteroatoms. The highest BCUT2D eigenvalue weighted by Crippen LogP contribution is 2.75. The van der Waals surface area contributed by atoms with E-state index >= 15 is 0 Å². The molecule has 1 spiro atoms. The van der Waals surface area contributed by atoms with Gasteiger partial charge in [0, 0.05) is 17.3 Å². The zero-order valence-electron chi connectivity index (χ0n) is 11.3. The maximum absolute atomic E-state index is 12.5. The molecule has 1 N–H and O–H groups in total. The molecule has 5 atom stereocenters. The molecule has 4 aliphatic rings. The van der Waals surface area contributed by atoms with Crippen molar-refractivity contribution in [1.82, 2.24) is 0 Å². The number of aliphatic hydroxyl groups is 1. The van der Waals surface area contributed by atoms with E-state index in [1.165, 1.54) is 19.3 Å². The van der Waals surface area contributed by atoms with Gasteiger partial charge in [-0.05, 0) is 32.1 Å². The molecular weight excluding hydrogens is 224 g/mol. The van der Waals surface area contributed by atoms with Gasteiger partial charge < -0.3 is 5.11 Å². The van der Waals surface area contributed by atoms with Crippen molar-refractivity contribution in [1.29, 1.82) is 0 Å². The molecule has 0 amide bonds. The lowest BCUT2D eigenvalue weighted by Crippen LogP contribution is -2.52. The fourth-order valence-electron chi connectivity index (χ4n) is 6.32. The average molecular weight is 246 g/mol. The van der Waals surface area contributed by atoms with Crippen LogP contribution in [-0.2, 0) is 4.79 Å². The number of carbonyl (C=O) groups excluding carboxylic acids is 1. The molecule has 0 heterocycles. The van der Waals surface area contributed by atoms with E-state index in [2.05, 4.69) is 13.0 Å². The summed E-state index contributed by atoms with van der Waals surface area (Å²) in [6.07, 6.45) is 8.70. The van der Waals surface area contributed by atoms with E-state index < -0.39 is 5.60 Å². The fourth-order valence-corrected chi connectivity index (χ4v) is 6.32. The van der Waals surface area contributed by atoms with Gasteiger partial charge in [-0.2, -0.15) is 0 Å². The molecule has 0 saturated heterocycles. The molecule has 4 rings (SSSR count). The maximum atomic E-state index is 12.5. The number of hydrogen-bond donors (Lipinski definition) is 1. The third-order valence-electron chi connectivity index (χ3n) is 6.74. The summed E-state index contributed by atoms with van der Waals surface area (Å²) in [7, 11) is 0. The Bertz CT molecular complexity index is 479. The summed E-state index contributed by atoms with van der Waals surface area (Å²) >= 11 is 0. The van der Waals surface area contributed by atoms with Crippen molar-refractivity contribution in [3.8, 4) is 0 Å². The standard InChI is InChI=1S/C16H22O2/c1-10-7-14(2)8-11-5-3-4-6-15(11)9-12(17)13(10)16(14,15)18/h7,11,13,18H,3-6,8-9H2,1-2H3/t11-,13+,14-,15+,16+/m1/s1. The van der Waals surface area contributed by atoms with E-state index in [-0.39, 0.29) is 16.7 Å². The van der Waals surface area contributed by atoms with Gasteiger partial charge >= 0.3 is 0 Å². The second-order valence-corrected chi connectivity index (χ2v) is 7.45. The molecule has 4 aliphatic carbocycles. The molecule has 3 saturated carbocycles. The van der Waals surface area contributed by atoms with Crippen LogP contribution in [0.2, 0.25) is 0 Å². The Kier molecular flexibility index (Phi) is 1.82. The maximum Gasteiger partial charge on any atom is 0.143 e. The van der Waals surface area contributed by atoms with Crippen LogP contribution in [0.4, 0.5) is 0 Å². The number of ketones is 1. The Labute approximate surface area is 108 Å². The molecule has 0 unspecified atom stereocenters. The summed E-state index contributed by atoms with van der Waals surface area (Å²) in [6.45, 7) is 4.23. The van der Waals surface area contributed by atoms with Gasteiger partial charge in [-0.3, -0.25) is 4.79 Å². The highest BCUT2D eigenvalue weighted by Gasteiger charge is 2.78. The molecule has 0 aromatic rings. The molecule has 2 nitrogen and oxygen atoms in total. The highest BCUT2D eigenvalue weighted by atomic mass is 16.3. The van der Waals surface area contributed by atoms with Crippen molar-refractivity contribution in [2.24, 2.45) is 22.7 Å². The molecule has 0 aromatic carbocycles. The predicted octanol–water partition coefficient (Wildman–Crippen LogP) is 2.85. The SMILES string of the molecule is CC1=C[C@]2(C)C[C@H]3CCCC[C@]34CC(=O)[C@H]1[C@@]42O. The molecule has 3 fully saturated rings. The normalized spacial score (nSPS) is 57.5. The second-order valence-electron chi connectivity index (χ2n) is 7.45. The zero-order valence-corrected chi connectivity index (χ0v) is 11.3. The van der Waals surface area contributed by atoms with Crippen molar-refractivity contribution >= 4 is 5.78 Å². The van der Waals surface area contributed by atoms with Gasteiger partial charge in [0.25, 0.3) is 0 Å². The van der Waals surface area contributed by atoms with Crippen molar-refractivity contribution in [2.75, 3.05) is 0 Å². The van der Waals surface area contributed by atoms with E-state index in [0.717, 1.165) is 18.4 Å². The minimum Gasteiger partial charge on any atom is -0.387 e. The fraction of sp³-hybridized carbons (Fsp3) is 0.812. The van der Waals surface area contributed by atoms with Gasteiger partial charge in [0.1, 0.15) is 5.78 Å². The van der Waals surface area contributed by atoms with E-state index in [4.69, 9.17) is 0 Å². The largest absolute Gasteiger partial charge is 0.387 e. The molecular formula is C16H22O2. The first-order valence-electron chi connectivity index (χ1n) is 7.39. The summed E-state index contributed by atoms with van der Waals surface area (Å²) in [5.74, 6) is 0.687. The van der Waals surface area contributed by atoms with Crippen LogP contribution in [0.1, 0.15) is 52.4 Å². The summed E-state index contributed by atoms with van der Waals surface area (Å²) in [4.78, 5) is 12.5. The Hall–Kier alpha value is -0.630. The summed E-state index contributed by atoms with van der Waals surface area (Å²) < 4.78 is 0. The van der Waals surface area contributed by atoms with Gasteiger partial charge in [0.15, 0.2) is 0 Å². The van der Waals surface area contributed by atoms with E-state index in [1.54, 1.807) is 0 Å². The first kappa shape index (κ1) is 11.2. The van der Waals surface area contributed by atoms with Gasteiger partial charge in [0.05, 0.1) is 11.5 Å². The monoisotopic (exact) mass is 246 g/mol. The lowest BCUT2D eigenvalue weighted by molar-refractivity contribution is -0.131. The van der Waals surface area contributed by atoms with Gasteiger partial charge in [-0.25, -0.2) is 0 Å². The lowest BCUT2D eigenvalue weighted by atomic mass is 9.61. The minimum absolute atomic E-state index is 0.0873. The Balaban J connectivity index is 1.96. The van der Waals surface area contributed by atoms with Crippen molar-refractivity contribution in [3.05, 3.63) is 11.6 Å². The number of Topliss-reactive ketones (excluding diaryl/α,β-unsaturated/α-hetero) is 1. The lowest BCUT2D eigenvalue weighted by Gasteiger charge is -2.46. The molecule has 0 aromatic heterocycles. The summed E-state index contributed by atoms with van der Waals surface area (Å²) in [5, 5.41) is 11.5. The molecule has 0 radical (unpaired) electrons. The number of hydrogen-bond acceptors (Lipinski definition) is 2. The van der Waals surface area contributed by atoms with E-state index in [9.17, 15) is 9.90 Å². The van der Waals surface area contributed by atoms with Crippen LogP contribution in [0, 0.1) is 22.7 Å². The average Bonchev–Trinajstić information content (AvgIpc) is 2.71.